The van der Waals surface area contributed by atoms with Crippen molar-refractivity contribution in [2.24, 2.45) is 0 Å². The second kappa shape index (κ2) is 5.77. The molecular weight excluding hydrogens is 320 g/mol. The first-order valence-electron chi connectivity index (χ1n) is 8.57. The molecule has 0 aliphatic heterocycles. The third-order valence-electron chi connectivity index (χ3n) is 4.65. The highest BCUT2D eigenvalue weighted by molar-refractivity contribution is 5.81. The van der Waals surface area contributed by atoms with Gasteiger partial charge in [0.1, 0.15) is 0 Å². The predicted octanol–water partition coefficient (Wildman–Crippen LogP) is 4.92. The van der Waals surface area contributed by atoms with Crippen LogP contribution in [0.3, 0.4) is 0 Å². The molecule has 4 heteroatoms. The summed E-state index contributed by atoms with van der Waals surface area (Å²) in [4.78, 5) is 4.64. The fraction of sp³-hybridized carbons (Fsp3) is 0.0455. The van der Waals surface area contributed by atoms with Gasteiger partial charge in [0.15, 0.2) is 11.5 Å². The van der Waals surface area contributed by atoms with Gasteiger partial charge in [0.2, 0.25) is 0 Å². The molecule has 0 aliphatic carbocycles. The molecule has 4 nitrogen and oxygen atoms in total. The molecule has 0 spiro atoms. The Labute approximate surface area is 150 Å². The van der Waals surface area contributed by atoms with E-state index >= 15 is 0 Å². The quantitative estimate of drug-likeness (QED) is 0.459. The Kier molecular flexibility index (Phi) is 3.28. The van der Waals surface area contributed by atoms with Crippen LogP contribution in [0.2, 0.25) is 0 Å². The van der Waals surface area contributed by atoms with Gasteiger partial charge in [-0.2, -0.15) is 0 Å². The van der Waals surface area contributed by atoms with Crippen molar-refractivity contribution in [1.82, 2.24) is 19.6 Å². The molecule has 0 atom stereocenters. The van der Waals surface area contributed by atoms with Crippen LogP contribution in [0.25, 0.3) is 39.2 Å². The van der Waals surface area contributed by atoms with Crippen molar-refractivity contribution in [1.29, 1.82) is 0 Å². The van der Waals surface area contributed by atoms with E-state index in [2.05, 4.69) is 74.2 Å². The minimum Gasteiger partial charge on any atom is -0.272 e. The SMILES string of the molecule is Cc1nc2ccccc2n2c(-c3ccc(-c4ccccc4)cc3)nnc12. The number of fused-ring (bicyclic) bond motifs is 3. The van der Waals surface area contributed by atoms with E-state index in [0.29, 0.717) is 0 Å². The van der Waals surface area contributed by atoms with Gasteiger partial charge in [0, 0.05) is 5.56 Å². The van der Waals surface area contributed by atoms with Gasteiger partial charge in [-0.15, -0.1) is 10.2 Å². The smallest absolute Gasteiger partial charge is 0.183 e. The molecule has 0 radical (unpaired) electrons. The summed E-state index contributed by atoms with van der Waals surface area (Å²) in [5.74, 6) is 0.835. The molecule has 2 heterocycles. The normalized spacial score (nSPS) is 11.3. The zero-order valence-electron chi connectivity index (χ0n) is 14.3. The summed E-state index contributed by atoms with van der Waals surface area (Å²) >= 11 is 0. The fourth-order valence-corrected chi connectivity index (χ4v) is 3.35. The molecule has 0 aliphatic rings. The fourth-order valence-electron chi connectivity index (χ4n) is 3.35. The summed E-state index contributed by atoms with van der Waals surface area (Å²) in [6, 6.07) is 26.9. The van der Waals surface area contributed by atoms with Gasteiger partial charge in [0.25, 0.3) is 0 Å². The Balaban J connectivity index is 1.70. The second-order valence-electron chi connectivity index (χ2n) is 6.31. The standard InChI is InChI=1S/C22H16N4/c1-15-21-24-25-22(26(21)20-10-6-5-9-19(20)23-15)18-13-11-17(12-14-18)16-7-3-2-4-8-16/h2-14H,1H3. The zero-order valence-corrected chi connectivity index (χ0v) is 14.3. The maximum absolute atomic E-state index is 4.64. The van der Waals surface area contributed by atoms with E-state index in [-0.39, 0.29) is 0 Å². The number of aromatic nitrogens is 4. The molecule has 5 aromatic rings. The molecule has 0 unspecified atom stereocenters. The summed E-state index contributed by atoms with van der Waals surface area (Å²) in [6.07, 6.45) is 0. The van der Waals surface area contributed by atoms with Crippen molar-refractivity contribution in [3.05, 3.63) is 84.6 Å². The number of nitrogens with zero attached hydrogens (tertiary/aromatic N) is 4. The van der Waals surface area contributed by atoms with E-state index in [9.17, 15) is 0 Å². The maximum Gasteiger partial charge on any atom is 0.183 e. The largest absolute Gasteiger partial charge is 0.272 e. The average molecular weight is 336 g/mol. The number of aryl methyl sites for hydroxylation is 1. The molecule has 0 saturated heterocycles. The van der Waals surface area contributed by atoms with Crippen LogP contribution < -0.4 is 0 Å². The lowest BCUT2D eigenvalue weighted by Crippen LogP contribution is -1.97. The lowest BCUT2D eigenvalue weighted by molar-refractivity contribution is 1.11. The summed E-state index contributed by atoms with van der Waals surface area (Å²) in [7, 11) is 0. The maximum atomic E-state index is 4.64. The molecule has 0 saturated carbocycles. The first kappa shape index (κ1) is 14.8. The third-order valence-corrected chi connectivity index (χ3v) is 4.65. The van der Waals surface area contributed by atoms with Crippen LogP contribution in [-0.2, 0) is 0 Å². The van der Waals surface area contributed by atoms with Crippen molar-refractivity contribution in [3.8, 4) is 22.5 Å². The summed E-state index contributed by atoms with van der Waals surface area (Å²) in [5, 5.41) is 8.83. The molecular formula is C22H16N4. The van der Waals surface area contributed by atoms with Crippen LogP contribution in [-0.4, -0.2) is 19.6 Å². The van der Waals surface area contributed by atoms with Gasteiger partial charge in [-0.05, 0) is 30.2 Å². The Hall–Kier alpha value is -3.53. The highest BCUT2D eigenvalue weighted by Crippen LogP contribution is 2.27. The minimum atomic E-state index is 0.797. The van der Waals surface area contributed by atoms with E-state index in [1.165, 1.54) is 11.1 Å². The van der Waals surface area contributed by atoms with Crippen molar-refractivity contribution in [3.63, 3.8) is 0 Å². The number of para-hydroxylation sites is 2. The van der Waals surface area contributed by atoms with Gasteiger partial charge < -0.3 is 0 Å². The highest BCUT2D eigenvalue weighted by atomic mass is 15.3. The summed E-state index contributed by atoms with van der Waals surface area (Å²) in [5.41, 5.74) is 7.06. The molecule has 26 heavy (non-hydrogen) atoms. The number of hydrogen-bond donors (Lipinski definition) is 0. The molecule has 0 N–H and O–H groups in total. The van der Waals surface area contributed by atoms with Gasteiger partial charge in [-0.1, -0.05) is 66.7 Å². The first-order chi connectivity index (χ1) is 12.8. The van der Waals surface area contributed by atoms with Crippen molar-refractivity contribution in [2.75, 3.05) is 0 Å². The number of rotatable bonds is 2. The van der Waals surface area contributed by atoms with Crippen molar-refractivity contribution >= 4 is 16.7 Å². The minimum absolute atomic E-state index is 0.797. The molecule has 0 fully saturated rings. The number of benzene rings is 3. The second-order valence-corrected chi connectivity index (χ2v) is 6.31. The predicted molar refractivity (Wildman–Crippen MR) is 104 cm³/mol. The average Bonchev–Trinajstić information content (AvgIpc) is 3.15. The van der Waals surface area contributed by atoms with Crippen LogP contribution in [0.1, 0.15) is 5.69 Å². The molecule has 124 valence electrons. The Morgan fingerprint density at radius 1 is 0.654 bits per heavy atom. The van der Waals surface area contributed by atoms with Crippen LogP contribution in [0.5, 0.6) is 0 Å². The van der Waals surface area contributed by atoms with E-state index < -0.39 is 0 Å². The lowest BCUT2D eigenvalue weighted by Gasteiger charge is -2.07. The molecule has 0 amide bonds. The monoisotopic (exact) mass is 336 g/mol. The van der Waals surface area contributed by atoms with Crippen LogP contribution >= 0.6 is 0 Å². The molecule has 3 aromatic carbocycles. The van der Waals surface area contributed by atoms with E-state index in [1.54, 1.807) is 0 Å². The highest BCUT2D eigenvalue weighted by Gasteiger charge is 2.14. The van der Waals surface area contributed by atoms with Crippen molar-refractivity contribution < 1.29 is 0 Å². The molecule has 5 rings (SSSR count). The van der Waals surface area contributed by atoms with Crippen LogP contribution in [0, 0.1) is 6.92 Å². The zero-order chi connectivity index (χ0) is 17.5. The third kappa shape index (κ3) is 2.27. The van der Waals surface area contributed by atoms with Gasteiger partial charge in [-0.25, -0.2) is 4.98 Å². The van der Waals surface area contributed by atoms with Crippen LogP contribution in [0.4, 0.5) is 0 Å². The Morgan fingerprint density at radius 2 is 1.31 bits per heavy atom. The van der Waals surface area contributed by atoms with Crippen LogP contribution in [0.15, 0.2) is 78.9 Å². The molecule has 2 aromatic heterocycles. The van der Waals surface area contributed by atoms with Gasteiger partial charge >= 0.3 is 0 Å². The lowest BCUT2D eigenvalue weighted by atomic mass is 10.0. The Morgan fingerprint density at radius 3 is 2.12 bits per heavy atom. The number of hydrogen-bond acceptors (Lipinski definition) is 3. The Bertz CT molecular complexity index is 1220. The van der Waals surface area contributed by atoms with Gasteiger partial charge in [-0.3, -0.25) is 4.40 Å². The topological polar surface area (TPSA) is 43.1 Å². The van der Waals surface area contributed by atoms with E-state index in [1.807, 2.05) is 31.2 Å². The van der Waals surface area contributed by atoms with E-state index in [4.69, 9.17) is 0 Å². The van der Waals surface area contributed by atoms with Gasteiger partial charge in [0.05, 0.1) is 16.7 Å². The first-order valence-corrected chi connectivity index (χ1v) is 8.57. The molecule has 0 bridgehead atoms. The van der Waals surface area contributed by atoms with Crippen molar-refractivity contribution in [2.45, 2.75) is 6.92 Å². The van der Waals surface area contributed by atoms with E-state index in [0.717, 1.165) is 33.8 Å². The summed E-state index contributed by atoms with van der Waals surface area (Å²) in [6.45, 7) is 1.97. The summed E-state index contributed by atoms with van der Waals surface area (Å²) < 4.78 is 2.09.